The third-order valence-corrected chi connectivity index (χ3v) is 3.92. The van der Waals surface area contributed by atoms with Crippen molar-refractivity contribution in [2.45, 2.75) is 46.3 Å². The molecule has 0 aliphatic rings. The fourth-order valence-corrected chi connectivity index (χ4v) is 2.27. The third-order valence-electron chi connectivity index (χ3n) is 3.92. The summed E-state index contributed by atoms with van der Waals surface area (Å²) < 4.78 is 2.07. The molecule has 0 radical (unpaired) electrons. The Morgan fingerprint density at radius 3 is 2.65 bits per heavy atom. The van der Waals surface area contributed by atoms with E-state index < -0.39 is 6.04 Å². The smallest absolute Gasteiger partial charge is 0.237 e. The minimum atomic E-state index is -0.532. The van der Waals surface area contributed by atoms with Gasteiger partial charge in [-0.2, -0.15) is 0 Å². The van der Waals surface area contributed by atoms with E-state index in [1.165, 1.54) is 5.56 Å². The van der Waals surface area contributed by atoms with Crippen LogP contribution in [0.5, 0.6) is 0 Å². The molecule has 0 aliphatic heterocycles. The average molecular weight is 314 g/mol. The lowest BCUT2D eigenvalue weighted by Gasteiger charge is -2.25. The highest BCUT2D eigenvalue weighted by molar-refractivity contribution is 5.82. The van der Waals surface area contributed by atoms with Crippen molar-refractivity contribution >= 4 is 5.91 Å². The molecule has 124 valence electrons. The van der Waals surface area contributed by atoms with E-state index in [0.29, 0.717) is 6.54 Å². The first kappa shape index (κ1) is 17.2. The largest absolute Gasteiger partial charge is 0.348 e. The molecule has 5 nitrogen and oxygen atoms in total. The predicted molar refractivity (Wildman–Crippen MR) is 91.7 cm³/mol. The number of aryl methyl sites for hydroxylation is 2. The van der Waals surface area contributed by atoms with Crippen molar-refractivity contribution in [1.29, 1.82) is 0 Å². The van der Waals surface area contributed by atoms with Crippen LogP contribution in [0.3, 0.4) is 0 Å². The van der Waals surface area contributed by atoms with Crippen molar-refractivity contribution in [3.05, 3.63) is 54.1 Å². The molecule has 2 aromatic rings. The van der Waals surface area contributed by atoms with Gasteiger partial charge < -0.3 is 15.6 Å². The zero-order chi connectivity index (χ0) is 16.9. The molecule has 0 saturated heterocycles. The Morgan fingerprint density at radius 2 is 2.00 bits per heavy atom. The van der Waals surface area contributed by atoms with Crippen molar-refractivity contribution in [3.8, 4) is 0 Å². The van der Waals surface area contributed by atoms with Crippen LogP contribution < -0.4 is 11.1 Å². The molecule has 0 aliphatic carbocycles. The molecule has 2 rings (SSSR count). The van der Waals surface area contributed by atoms with Crippen molar-refractivity contribution in [2.24, 2.45) is 11.1 Å². The van der Waals surface area contributed by atoms with E-state index in [-0.39, 0.29) is 11.3 Å². The predicted octanol–water partition coefficient (Wildman–Crippen LogP) is 2.12. The fourth-order valence-electron chi connectivity index (χ4n) is 2.27. The molecule has 0 saturated carbocycles. The van der Waals surface area contributed by atoms with Gasteiger partial charge in [-0.25, -0.2) is 4.98 Å². The summed E-state index contributed by atoms with van der Waals surface area (Å²) in [7, 11) is 0. The van der Waals surface area contributed by atoms with Crippen LogP contribution in [0.4, 0.5) is 0 Å². The Bertz CT molecular complexity index is 628. The van der Waals surface area contributed by atoms with Gasteiger partial charge in [-0.15, -0.1) is 0 Å². The van der Waals surface area contributed by atoms with Gasteiger partial charge in [-0.3, -0.25) is 4.79 Å². The minimum Gasteiger partial charge on any atom is -0.348 e. The standard InChI is InChI=1S/C18H26N4O/c1-18(2,3)16(19)17(23)21-13-15-20-10-12-22(15)11-9-14-7-5-4-6-8-14/h4-8,10,12,16H,9,11,13,19H2,1-3H3,(H,21,23)/t16-/m1/s1. The zero-order valence-electron chi connectivity index (χ0n) is 14.1. The first-order chi connectivity index (χ1) is 10.9. The number of nitrogens with two attached hydrogens (primary N) is 1. The third kappa shape index (κ3) is 4.93. The van der Waals surface area contributed by atoms with Gasteiger partial charge in [0.15, 0.2) is 0 Å². The van der Waals surface area contributed by atoms with Crippen LogP contribution in [0, 0.1) is 5.41 Å². The van der Waals surface area contributed by atoms with E-state index in [1.54, 1.807) is 6.20 Å². The van der Waals surface area contributed by atoms with Gasteiger partial charge in [0.05, 0.1) is 12.6 Å². The number of imidazole rings is 1. The van der Waals surface area contributed by atoms with E-state index in [1.807, 2.05) is 45.2 Å². The maximum atomic E-state index is 12.1. The molecule has 3 N–H and O–H groups in total. The average Bonchev–Trinajstić information content (AvgIpc) is 2.97. The number of carbonyl (C=O) groups excluding carboxylic acids is 1. The molecule has 0 spiro atoms. The first-order valence-corrected chi connectivity index (χ1v) is 7.95. The summed E-state index contributed by atoms with van der Waals surface area (Å²) in [4.78, 5) is 16.4. The van der Waals surface area contributed by atoms with Gasteiger partial charge >= 0.3 is 0 Å². The number of hydrogen-bond acceptors (Lipinski definition) is 3. The summed E-state index contributed by atoms with van der Waals surface area (Å²) in [5.41, 5.74) is 6.99. The summed E-state index contributed by atoms with van der Waals surface area (Å²) in [6.45, 7) is 7.10. The van der Waals surface area contributed by atoms with Crippen LogP contribution in [0.2, 0.25) is 0 Å². The van der Waals surface area contributed by atoms with Crippen LogP contribution in [0.1, 0.15) is 32.2 Å². The van der Waals surface area contributed by atoms with Crippen LogP contribution in [-0.4, -0.2) is 21.5 Å². The van der Waals surface area contributed by atoms with Gasteiger partial charge in [0.25, 0.3) is 0 Å². The summed E-state index contributed by atoms with van der Waals surface area (Å²) in [6.07, 6.45) is 4.63. The maximum absolute atomic E-state index is 12.1. The first-order valence-electron chi connectivity index (χ1n) is 7.95. The maximum Gasteiger partial charge on any atom is 0.237 e. The quantitative estimate of drug-likeness (QED) is 0.858. The van der Waals surface area contributed by atoms with Gasteiger partial charge in [0.2, 0.25) is 5.91 Å². The van der Waals surface area contributed by atoms with E-state index in [9.17, 15) is 4.79 Å². The molecule has 0 fully saturated rings. The Balaban J connectivity index is 1.90. The summed E-state index contributed by atoms with van der Waals surface area (Å²) >= 11 is 0. The minimum absolute atomic E-state index is 0.143. The number of nitrogens with zero attached hydrogens (tertiary/aromatic N) is 2. The van der Waals surface area contributed by atoms with Gasteiger partial charge in [-0.05, 0) is 17.4 Å². The van der Waals surface area contributed by atoms with Crippen molar-refractivity contribution in [3.63, 3.8) is 0 Å². The zero-order valence-corrected chi connectivity index (χ0v) is 14.1. The lowest BCUT2D eigenvalue weighted by molar-refractivity contribution is -0.124. The van der Waals surface area contributed by atoms with Gasteiger partial charge in [0, 0.05) is 18.9 Å². The normalized spacial score (nSPS) is 12.9. The Kier molecular flexibility index (Phi) is 5.55. The number of hydrogen-bond donors (Lipinski definition) is 2. The monoisotopic (exact) mass is 314 g/mol. The second-order valence-electron chi connectivity index (χ2n) is 6.83. The molecule has 1 heterocycles. The van der Waals surface area contributed by atoms with Gasteiger partial charge in [0.1, 0.15) is 5.82 Å². The van der Waals surface area contributed by atoms with E-state index in [4.69, 9.17) is 5.73 Å². The molecule has 1 aromatic heterocycles. The molecule has 5 heteroatoms. The molecule has 23 heavy (non-hydrogen) atoms. The molecule has 1 aromatic carbocycles. The van der Waals surface area contributed by atoms with Crippen molar-refractivity contribution < 1.29 is 4.79 Å². The number of rotatable bonds is 6. The Hall–Kier alpha value is -2.14. The Labute approximate surface area is 137 Å². The lowest BCUT2D eigenvalue weighted by Crippen LogP contribution is -2.48. The second-order valence-corrected chi connectivity index (χ2v) is 6.83. The topological polar surface area (TPSA) is 72.9 Å². The van der Waals surface area contributed by atoms with Crippen LogP contribution in [0.15, 0.2) is 42.7 Å². The molecular weight excluding hydrogens is 288 g/mol. The summed E-state index contributed by atoms with van der Waals surface area (Å²) in [6, 6.07) is 9.79. The highest BCUT2D eigenvalue weighted by Gasteiger charge is 2.27. The Morgan fingerprint density at radius 1 is 1.30 bits per heavy atom. The van der Waals surface area contributed by atoms with E-state index in [0.717, 1.165) is 18.8 Å². The molecular formula is C18H26N4O. The number of benzene rings is 1. The van der Waals surface area contributed by atoms with Crippen LogP contribution in [-0.2, 0) is 24.3 Å². The number of aromatic nitrogens is 2. The van der Waals surface area contributed by atoms with E-state index in [2.05, 4.69) is 27.0 Å². The van der Waals surface area contributed by atoms with Crippen molar-refractivity contribution in [2.75, 3.05) is 0 Å². The number of nitrogens with one attached hydrogen (secondary N) is 1. The van der Waals surface area contributed by atoms with Gasteiger partial charge in [-0.1, -0.05) is 51.1 Å². The second kappa shape index (κ2) is 7.42. The summed E-state index contributed by atoms with van der Waals surface area (Å²) in [5, 5.41) is 2.88. The van der Waals surface area contributed by atoms with Crippen molar-refractivity contribution in [1.82, 2.24) is 14.9 Å². The molecule has 1 amide bonds. The van der Waals surface area contributed by atoms with Crippen LogP contribution in [0.25, 0.3) is 0 Å². The summed E-state index contributed by atoms with van der Waals surface area (Å²) in [5.74, 6) is 0.700. The number of carbonyl (C=O) groups is 1. The molecule has 0 bridgehead atoms. The van der Waals surface area contributed by atoms with E-state index >= 15 is 0 Å². The lowest BCUT2D eigenvalue weighted by atomic mass is 9.87. The highest BCUT2D eigenvalue weighted by Crippen LogP contribution is 2.17. The highest BCUT2D eigenvalue weighted by atomic mass is 16.2. The molecule has 0 unspecified atom stereocenters. The number of amides is 1. The van der Waals surface area contributed by atoms with Crippen LogP contribution >= 0.6 is 0 Å². The SMILES string of the molecule is CC(C)(C)[C@H](N)C(=O)NCc1nccn1CCc1ccccc1. The fraction of sp³-hybridized carbons (Fsp3) is 0.444. The molecule has 1 atom stereocenters.